The number of halogens is 2. The van der Waals surface area contributed by atoms with E-state index in [0.29, 0.717) is 6.54 Å². The van der Waals surface area contributed by atoms with Crippen LogP contribution in [-0.4, -0.2) is 50.5 Å². The van der Waals surface area contributed by atoms with Gasteiger partial charge in [0.15, 0.2) is 0 Å². The zero-order chi connectivity index (χ0) is 28.6. The summed E-state index contributed by atoms with van der Waals surface area (Å²) in [4.78, 5) is 28.9. The van der Waals surface area contributed by atoms with E-state index >= 15 is 0 Å². The molecule has 2 amide bonds. The lowest BCUT2D eigenvalue weighted by atomic mass is 10.0. The van der Waals surface area contributed by atoms with Gasteiger partial charge in [-0.1, -0.05) is 78.3 Å². The van der Waals surface area contributed by atoms with E-state index in [0.717, 1.165) is 32.2 Å². The summed E-state index contributed by atoms with van der Waals surface area (Å²) in [6, 6.07) is 20.8. The first-order valence-corrected chi connectivity index (χ1v) is 15.2. The number of nitrogens with zero attached hydrogens (tertiary/aromatic N) is 2. The van der Waals surface area contributed by atoms with Gasteiger partial charge in [0.2, 0.25) is 21.8 Å². The van der Waals surface area contributed by atoms with Gasteiger partial charge < -0.3 is 10.2 Å². The van der Waals surface area contributed by atoms with Crippen LogP contribution in [0.15, 0.2) is 83.3 Å². The van der Waals surface area contributed by atoms with Crippen molar-refractivity contribution < 1.29 is 22.4 Å². The highest BCUT2D eigenvalue weighted by atomic mass is 79.9. The number of carbonyl (C=O) groups excluding carboxylic acids is 2. The summed E-state index contributed by atoms with van der Waals surface area (Å²) >= 11 is 3.41. The van der Waals surface area contributed by atoms with Crippen LogP contribution in [0.1, 0.15) is 25.0 Å². The number of hydrogen-bond acceptors (Lipinski definition) is 4. The third-order valence-electron chi connectivity index (χ3n) is 6.00. The van der Waals surface area contributed by atoms with Crippen LogP contribution in [0.2, 0.25) is 0 Å². The summed E-state index contributed by atoms with van der Waals surface area (Å²) < 4.78 is 41.1. The number of rotatable bonds is 12. The molecule has 3 aromatic carbocycles. The van der Waals surface area contributed by atoms with E-state index in [2.05, 4.69) is 21.2 Å². The van der Waals surface area contributed by atoms with Crippen molar-refractivity contribution in [1.29, 1.82) is 0 Å². The standard InChI is InChI=1S/C29H33BrFN3O4S/c1-21(2)18-32-29(36)27(16-22-8-5-4-6-9-22)33(19-23-12-14-24(30)15-13-23)28(35)20-34(39(3,37)38)26-11-7-10-25(31)17-26/h4-15,17,21,27H,16,18-20H2,1-3H3,(H,32,36)/t27-/m1/s1. The lowest BCUT2D eigenvalue weighted by Crippen LogP contribution is -2.53. The maximum absolute atomic E-state index is 14.0. The summed E-state index contributed by atoms with van der Waals surface area (Å²) in [5, 5.41) is 2.93. The average Bonchev–Trinajstić information content (AvgIpc) is 2.88. The third-order valence-corrected chi connectivity index (χ3v) is 7.67. The Kier molecular flexibility index (Phi) is 10.7. The van der Waals surface area contributed by atoms with E-state index in [1.54, 1.807) is 0 Å². The van der Waals surface area contributed by atoms with Crippen molar-refractivity contribution in [3.63, 3.8) is 0 Å². The van der Waals surface area contributed by atoms with Crippen molar-refractivity contribution in [2.75, 3.05) is 23.7 Å². The lowest BCUT2D eigenvalue weighted by molar-refractivity contribution is -0.140. The molecule has 3 rings (SSSR count). The molecular weight excluding hydrogens is 585 g/mol. The summed E-state index contributed by atoms with van der Waals surface area (Å²) in [7, 11) is -3.96. The van der Waals surface area contributed by atoms with E-state index < -0.39 is 34.3 Å². The minimum Gasteiger partial charge on any atom is -0.354 e. The van der Waals surface area contributed by atoms with E-state index in [9.17, 15) is 22.4 Å². The molecule has 7 nitrogen and oxygen atoms in total. The van der Waals surface area contributed by atoms with Crippen molar-refractivity contribution in [3.8, 4) is 0 Å². The Morgan fingerprint density at radius 2 is 1.62 bits per heavy atom. The first-order chi connectivity index (χ1) is 18.4. The average molecular weight is 619 g/mol. The molecule has 39 heavy (non-hydrogen) atoms. The Hall–Kier alpha value is -3.24. The second kappa shape index (κ2) is 13.7. The van der Waals surface area contributed by atoms with E-state index in [1.807, 2.05) is 68.4 Å². The maximum Gasteiger partial charge on any atom is 0.244 e. The van der Waals surface area contributed by atoms with Crippen LogP contribution in [0.3, 0.4) is 0 Å². The highest BCUT2D eigenvalue weighted by Gasteiger charge is 2.33. The number of amides is 2. The molecule has 1 N–H and O–H groups in total. The van der Waals surface area contributed by atoms with Crippen LogP contribution in [-0.2, 0) is 32.6 Å². The Morgan fingerprint density at radius 3 is 2.21 bits per heavy atom. The molecule has 0 saturated carbocycles. The van der Waals surface area contributed by atoms with Gasteiger partial charge in [0.25, 0.3) is 0 Å². The quantitative estimate of drug-likeness (QED) is 0.317. The van der Waals surface area contributed by atoms with Crippen molar-refractivity contribution in [3.05, 3.63) is 100 Å². The molecule has 1 atom stereocenters. The molecule has 0 bridgehead atoms. The Morgan fingerprint density at radius 1 is 0.949 bits per heavy atom. The molecule has 10 heteroatoms. The SMILES string of the molecule is CC(C)CNC(=O)[C@@H](Cc1ccccc1)N(Cc1ccc(Br)cc1)C(=O)CN(c1cccc(F)c1)S(C)(=O)=O. The predicted octanol–water partition coefficient (Wildman–Crippen LogP) is 4.77. The number of benzene rings is 3. The van der Waals surface area contributed by atoms with E-state index in [-0.39, 0.29) is 30.5 Å². The first-order valence-electron chi connectivity index (χ1n) is 12.5. The Bertz CT molecular complexity index is 1370. The number of carbonyl (C=O) groups is 2. The lowest BCUT2D eigenvalue weighted by Gasteiger charge is -2.33. The molecule has 0 heterocycles. The first kappa shape index (κ1) is 30.3. The third kappa shape index (κ3) is 9.18. The molecule has 0 aromatic heterocycles. The van der Waals surface area contributed by atoms with E-state index in [1.165, 1.54) is 23.1 Å². The number of nitrogens with one attached hydrogen (secondary N) is 1. The molecule has 0 aliphatic heterocycles. The van der Waals surface area contributed by atoms with Gasteiger partial charge in [0.1, 0.15) is 18.4 Å². The van der Waals surface area contributed by atoms with Crippen LogP contribution < -0.4 is 9.62 Å². The second-order valence-electron chi connectivity index (χ2n) is 9.74. The molecule has 0 aliphatic carbocycles. The summed E-state index contributed by atoms with van der Waals surface area (Å²) in [5.41, 5.74) is 1.64. The molecule has 0 fully saturated rings. The molecule has 0 spiro atoms. The Labute approximate surface area is 238 Å². The second-order valence-corrected chi connectivity index (χ2v) is 12.6. The van der Waals surface area contributed by atoms with Crippen molar-refractivity contribution >= 4 is 43.5 Å². The Balaban J connectivity index is 2.04. The van der Waals surface area contributed by atoms with Crippen molar-refractivity contribution in [2.45, 2.75) is 32.9 Å². The fourth-order valence-electron chi connectivity index (χ4n) is 4.01. The van der Waals surface area contributed by atoms with Gasteiger partial charge in [-0.2, -0.15) is 0 Å². The van der Waals surface area contributed by atoms with Crippen molar-refractivity contribution in [1.82, 2.24) is 10.2 Å². The molecule has 0 aliphatic rings. The summed E-state index contributed by atoms with van der Waals surface area (Å²) in [6.45, 7) is 3.84. The number of hydrogen-bond donors (Lipinski definition) is 1. The summed E-state index contributed by atoms with van der Waals surface area (Å²) in [5.74, 6) is -1.37. The van der Waals surface area contributed by atoms with Crippen LogP contribution in [0.4, 0.5) is 10.1 Å². The molecular formula is C29H33BrFN3O4S. The van der Waals surface area contributed by atoms with Crippen LogP contribution >= 0.6 is 15.9 Å². The maximum atomic E-state index is 14.0. The van der Waals surface area contributed by atoms with Gasteiger partial charge >= 0.3 is 0 Å². The highest BCUT2D eigenvalue weighted by Crippen LogP contribution is 2.21. The fourth-order valence-corrected chi connectivity index (χ4v) is 5.11. The zero-order valence-electron chi connectivity index (χ0n) is 22.2. The van der Waals surface area contributed by atoms with Gasteiger partial charge in [0, 0.05) is 24.0 Å². The van der Waals surface area contributed by atoms with Gasteiger partial charge in [0.05, 0.1) is 11.9 Å². The topological polar surface area (TPSA) is 86.8 Å². The monoisotopic (exact) mass is 617 g/mol. The fraction of sp³-hybridized carbons (Fsp3) is 0.310. The molecule has 3 aromatic rings. The van der Waals surface area contributed by atoms with Gasteiger partial charge in [-0.05, 0) is 47.4 Å². The zero-order valence-corrected chi connectivity index (χ0v) is 24.6. The minimum atomic E-state index is -3.96. The molecule has 0 saturated heterocycles. The molecule has 208 valence electrons. The predicted molar refractivity (Wildman–Crippen MR) is 155 cm³/mol. The summed E-state index contributed by atoms with van der Waals surface area (Å²) in [6.07, 6.45) is 1.19. The van der Waals surface area contributed by atoms with Gasteiger partial charge in [-0.15, -0.1) is 0 Å². The number of sulfonamides is 1. The van der Waals surface area contributed by atoms with Gasteiger partial charge in [-0.25, -0.2) is 12.8 Å². The molecule has 0 radical (unpaired) electrons. The van der Waals surface area contributed by atoms with Crippen molar-refractivity contribution in [2.24, 2.45) is 5.92 Å². The van der Waals surface area contributed by atoms with Crippen LogP contribution in [0, 0.1) is 11.7 Å². The molecule has 0 unspecified atom stereocenters. The largest absolute Gasteiger partial charge is 0.354 e. The number of anilines is 1. The highest BCUT2D eigenvalue weighted by molar-refractivity contribution is 9.10. The normalized spacial score (nSPS) is 12.2. The van der Waals surface area contributed by atoms with Crippen LogP contribution in [0.25, 0.3) is 0 Å². The van der Waals surface area contributed by atoms with E-state index in [4.69, 9.17) is 0 Å². The van der Waals surface area contributed by atoms with Crippen LogP contribution in [0.5, 0.6) is 0 Å². The smallest absolute Gasteiger partial charge is 0.244 e. The minimum absolute atomic E-state index is 0.0262. The van der Waals surface area contributed by atoms with Gasteiger partial charge in [-0.3, -0.25) is 13.9 Å².